The molecule has 2 fully saturated rings. The molecule has 9 nitrogen and oxygen atoms in total. The summed E-state index contributed by atoms with van der Waals surface area (Å²) < 4.78 is 5.79. The number of nitrogen functional groups attached to an aromatic ring is 1. The van der Waals surface area contributed by atoms with Crippen molar-refractivity contribution in [3.63, 3.8) is 0 Å². The van der Waals surface area contributed by atoms with Crippen molar-refractivity contribution in [1.82, 2.24) is 15.5 Å². The van der Waals surface area contributed by atoms with Crippen LogP contribution in [0.15, 0.2) is 66.0 Å². The minimum Gasteiger partial charge on any atom is -0.457 e. The average molecular weight is 588 g/mol. The summed E-state index contributed by atoms with van der Waals surface area (Å²) >= 11 is 1.43. The Kier molecular flexibility index (Phi) is 9.53. The van der Waals surface area contributed by atoms with Crippen LogP contribution in [0.2, 0.25) is 0 Å². The van der Waals surface area contributed by atoms with Crippen molar-refractivity contribution in [2.45, 2.75) is 51.1 Å². The highest BCUT2D eigenvalue weighted by Gasteiger charge is 2.42. The Balaban J connectivity index is 1.19. The Morgan fingerprint density at radius 2 is 1.64 bits per heavy atom. The summed E-state index contributed by atoms with van der Waals surface area (Å²) in [6.45, 7) is 0.649. The number of nitrogens with two attached hydrogens (primary N) is 1. The van der Waals surface area contributed by atoms with E-state index in [1.54, 1.807) is 40.6 Å². The molecule has 2 atom stereocenters. The number of nitrogens with one attached hydrogen (secondary N) is 3. The number of carbonyl (C=O) groups excluding carboxylic acids is 3. The SMILES string of the molecule is N=C(N)c1csc(CNC(=O)[C@@H]2C[C@H](C3CCCCC3)CN2C(=O)CNC(=O)c2ccc(Oc3ccccc3)cc2)c1. The highest BCUT2D eigenvalue weighted by Crippen LogP contribution is 2.37. The Labute approximate surface area is 249 Å². The predicted molar refractivity (Wildman–Crippen MR) is 163 cm³/mol. The molecular weight excluding hydrogens is 550 g/mol. The number of benzene rings is 2. The zero-order valence-electron chi connectivity index (χ0n) is 23.5. The molecule has 3 aromatic rings. The smallest absolute Gasteiger partial charge is 0.251 e. The molecule has 2 aliphatic rings. The second kappa shape index (κ2) is 13.7. The number of amides is 3. The van der Waals surface area contributed by atoms with Gasteiger partial charge in [0.1, 0.15) is 23.4 Å². The van der Waals surface area contributed by atoms with Crippen LogP contribution >= 0.6 is 11.3 Å². The number of carbonyl (C=O) groups is 3. The van der Waals surface area contributed by atoms with Crippen molar-refractivity contribution in [2.24, 2.45) is 17.6 Å². The number of rotatable bonds is 10. The summed E-state index contributed by atoms with van der Waals surface area (Å²) in [7, 11) is 0. The third-order valence-electron chi connectivity index (χ3n) is 8.17. The van der Waals surface area contributed by atoms with E-state index in [1.807, 2.05) is 30.3 Å². The van der Waals surface area contributed by atoms with E-state index in [-0.39, 0.29) is 36.0 Å². The number of thiophene rings is 1. The quantitative estimate of drug-likeness (QED) is 0.202. The number of para-hydroxylation sites is 1. The first-order valence-corrected chi connectivity index (χ1v) is 15.4. The molecule has 1 saturated carbocycles. The van der Waals surface area contributed by atoms with Crippen LogP contribution in [0.3, 0.4) is 0 Å². The lowest BCUT2D eigenvalue weighted by molar-refractivity contribution is -0.137. The van der Waals surface area contributed by atoms with Gasteiger partial charge >= 0.3 is 0 Å². The molecule has 10 heteroatoms. The van der Waals surface area contributed by atoms with E-state index >= 15 is 0 Å². The van der Waals surface area contributed by atoms with E-state index < -0.39 is 6.04 Å². The van der Waals surface area contributed by atoms with Crippen molar-refractivity contribution < 1.29 is 19.1 Å². The normalized spacial score (nSPS) is 18.8. The fourth-order valence-electron chi connectivity index (χ4n) is 5.90. The summed E-state index contributed by atoms with van der Waals surface area (Å²) in [5.41, 5.74) is 6.61. The first kappa shape index (κ1) is 29.3. The molecule has 1 aliphatic heterocycles. The van der Waals surface area contributed by atoms with Gasteiger partial charge in [-0.25, -0.2) is 0 Å². The Morgan fingerprint density at radius 1 is 0.929 bits per heavy atom. The maximum absolute atomic E-state index is 13.4. The molecule has 0 bridgehead atoms. The molecule has 1 aliphatic carbocycles. The maximum atomic E-state index is 13.4. The Morgan fingerprint density at radius 3 is 2.33 bits per heavy atom. The van der Waals surface area contributed by atoms with E-state index in [1.165, 1.54) is 30.6 Å². The molecule has 42 heavy (non-hydrogen) atoms. The topological polar surface area (TPSA) is 138 Å². The van der Waals surface area contributed by atoms with Crippen molar-refractivity contribution in [2.75, 3.05) is 13.1 Å². The average Bonchev–Trinajstić information content (AvgIpc) is 3.68. The van der Waals surface area contributed by atoms with Gasteiger partial charge in [0, 0.05) is 27.9 Å². The summed E-state index contributed by atoms with van der Waals surface area (Å²) in [6, 6.07) is 17.3. The second-order valence-corrected chi connectivity index (χ2v) is 12.0. The van der Waals surface area contributed by atoms with E-state index in [4.69, 9.17) is 15.9 Å². The van der Waals surface area contributed by atoms with Gasteiger partial charge in [-0.2, -0.15) is 0 Å². The van der Waals surface area contributed by atoms with E-state index in [0.29, 0.717) is 48.1 Å². The molecule has 2 aromatic carbocycles. The summed E-state index contributed by atoms with van der Waals surface area (Å²) in [4.78, 5) is 42.2. The maximum Gasteiger partial charge on any atom is 0.251 e. The summed E-state index contributed by atoms with van der Waals surface area (Å²) in [5.74, 6) is 1.25. The van der Waals surface area contributed by atoms with Crippen LogP contribution in [-0.4, -0.2) is 47.6 Å². The van der Waals surface area contributed by atoms with Crippen LogP contribution < -0.4 is 21.1 Å². The van der Waals surface area contributed by atoms with Crippen molar-refractivity contribution in [3.05, 3.63) is 82.0 Å². The van der Waals surface area contributed by atoms with Crippen LogP contribution in [0.25, 0.3) is 0 Å². The molecular formula is C32H37N5O4S. The zero-order chi connectivity index (χ0) is 29.5. The van der Waals surface area contributed by atoms with Gasteiger partial charge in [-0.3, -0.25) is 19.8 Å². The molecule has 2 heterocycles. The third-order valence-corrected chi connectivity index (χ3v) is 9.11. The largest absolute Gasteiger partial charge is 0.457 e. The molecule has 5 rings (SSSR count). The molecule has 0 unspecified atom stereocenters. The Hall–Kier alpha value is -4.18. The van der Waals surface area contributed by atoms with Gasteiger partial charge in [-0.05, 0) is 60.7 Å². The molecule has 5 N–H and O–H groups in total. The van der Waals surface area contributed by atoms with Gasteiger partial charge in [0.25, 0.3) is 5.91 Å². The highest BCUT2D eigenvalue weighted by atomic mass is 32.1. The number of ether oxygens (including phenoxy) is 1. The van der Waals surface area contributed by atoms with Gasteiger partial charge in [0.05, 0.1) is 13.1 Å². The first-order valence-electron chi connectivity index (χ1n) is 14.5. The molecule has 0 radical (unpaired) electrons. The van der Waals surface area contributed by atoms with E-state index in [9.17, 15) is 14.4 Å². The van der Waals surface area contributed by atoms with Crippen LogP contribution in [0.4, 0.5) is 0 Å². The molecule has 220 valence electrons. The minimum absolute atomic E-state index is 0.00905. The Bertz CT molecular complexity index is 1400. The fourth-order valence-corrected chi connectivity index (χ4v) is 6.73. The monoisotopic (exact) mass is 587 g/mol. The first-order chi connectivity index (χ1) is 20.4. The lowest BCUT2D eigenvalue weighted by Crippen LogP contribution is -2.48. The highest BCUT2D eigenvalue weighted by molar-refractivity contribution is 7.10. The van der Waals surface area contributed by atoms with Gasteiger partial charge < -0.3 is 26.0 Å². The van der Waals surface area contributed by atoms with Crippen molar-refractivity contribution >= 4 is 34.9 Å². The van der Waals surface area contributed by atoms with Crippen LogP contribution in [0.5, 0.6) is 11.5 Å². The van der Waals surface area contributed by atoms with Gasteiger partial charge in [0.15, 0.2) is 0 Å². The lowest BCUT2D eigenvalue weighted by atomic mass is 9.79. The van der Waals surface area contributed by atoms with E-state index in [2.05, 4.69) is 10.6 Å². The van der Waals surface area contributed by atoms with Crippen LogP contribution in [0.1, 0.15) is 59.3 Å². The molecule has 3 amide bonds. The number of hydrogen-bond donors (Lipinski definition) is 4. The molecule has 0 spiro atoms. The van der Waals surface area contributed by atoms with Crippen LogP contribution in [0, 0.1) is 17.2 Å². The number of likely N-dealkylation sites (tertiary alicyclic amines) is 1. The third kappa shape index (κ3) is 7.36. The summed E-state index contributed by atoms with van der Waals surface area (Å²) in [6.07, 6.45) is 6.50. The van der Waals surface area contributed by atoms with Gasteiger partial charge in [-0.1, -0.05) is 50.3 Å². The molecule has 1 saturated heterocycles. The predicted octanol–water partition coefficient (Wildman–Crippen LogP) is 4.67. The van der Waals surface area contributed by atoms with Crippen molar-refractivity contribution in [3.8, 4) is 11.5 Å². The van der Waals surface area contributed by atoms with Crippen molar-refractivity contribution in [1.29, 1.82) is 5.41 Å². The van der Waals surface area contributed by atoms with Gasteiger partial charge in [-0.15, -0.1) is 11.3 Å². The number of amidine groups is 1. The number of nitrogens with zero attached hydrogens (tertiary/aromatic N) is 1. The zero-order valence-corrected chi connectivity index (χ0v) is 24.3. The number of hydrogen-bond acceptors (Lipinski definition) is 6. The second-order valence-electron chi connectivity index (χ2n) is 11.0. The standard InChI is InChI=1S/C32H37N5O4S/c33-30(34)24-15-27(42-20-24)17-35-32(40)28-16-23(21-7-3-1-4-8-21)19-37(28)29(38)18-36-31(39)22-11-13-26(14-12-22)41-25-9-5-2-6-10-25/h2,5-6,9-15,20-21,23,28H,1,3-4,7-8,16-19H2,(H3,33,34)(H,35,40)(H,36,39)/t23-,28-/m0/s1. The van der Waals surface area contributed by atoms with Crippen LogP contribution in [-0.2, 0) is 16.1 Å². The fraction of sp³-hybridized carbons (Fsp3) is 0.375. The molecule has 1 aromatic heterocycles. The van der Waals surface area contributed by atoms with Gasteiger partial charge in [0.2, 0.25) is 11.8 Å². The lowest BCUT2D eigenvalue weighted by Gasteiger charge is -2.27. The van der Waals surface area contributed by atoms with E-state index in [0.717, 1.165) is 17.7 Å². The summed E-state index contributed by atoms with van der Waals surface area (Å²) in [5, 5.41) is 15.1. The minimum atomic E-state index is -0.581.